The molecule has 0 bridgehead atoms. The van der Waals surface area contributed by atoms with Crippen molar-refractivity contribution in [3.63, 3.8) is 0 Å². The maximum Gasteiger partial charge on any atom is 0.232 e. The highest BCUT2D eigenvalue weighted by Gasteiger charge is 2.22. The van der Waals surface area contributed by atoms with Crippen molar-refractivity contribution in [2.24, 2.45) is 5.92 Å². The number of nitrogens with zero attached hydrogens (tertiary/aromatic N) is 2. The summed E-state index contributed by atoms with van der Waals surface area (Å²) in [5.41, 5.74) is 0.557. The van der Waals surface area contributed by atoms with Crippen LogP contribution in [0.15, 0.2) is 24.3 Å². The Morgan fingerprint density at radius 3 is 2.60 bits per heavy atom. The van der Waals surface area contributed by atoms with Crippen molar-refractivity contribution in [1.29, 1.82) is 0 Å². The van der Waals surface area contributed by atoms with Gasteiger partial charge in [-0.2, -0.15) is 0 Å². The second kappa shape index (κ2) is 8.56. The van der Waals surface area contributed by atoms with Crippen LogP contribution in [0.5, 0.6) is 5.75 Å². The van der Waals surface area contributed by atoms with Gasteiger partial charge >= 0.3 is 0 Å². The van der Waals surface area contributed by atoms with Gasteiger partial charge in [0.05, 0.1) is 19.1 Å². The van der Waals surface area contributed by atoms with Crippen molar-refractivity contribution in [3.05, 3.63) is 24.3 Å². The number of likely N-dealkylation sites (tertiary alicyclic amines) is 1. The topological polar surface area (TPSA) is 66.9 Å². The molecule has 0 aliphatic carbocycles. The number of anilines is 1. The smallest absolute Gasteiger partial charge is 0.232 e. The van der Waals surface area contributed by atoms with Crippen LogP contribution in [0.4, 0.5) is 5.69 Å². The molecular weight excluding hydrogens is 340 g/mol. The standard InChI is InChI=1S/C18H28N2O4S/c1-15-9-12-19(13-10-15)18(21)8-5-11-20(25(3,22)23)16-6-4-7-17(14-16)24-2/h4,6-7,14-15H,5,8-13H2,1-3H3. The number of amides is 1. The van der Waals surface area contributed by atoms with Gasteiger partial charge in [-0.25, -0.2) is 8.42 Å². The number of sulfonamides is 1. The molecule has 1 heterocycles. The molecule has 1 saturated heterocycles. The van der Waals surface area contributed by atoms with E-state index in [9.17, 15) is 13.2 Å². The molecule has 140 valence electrons. The molecule has 6 nitrogen and oxygen atoms in total. The van der Waals surface area contributed by atoms with Gasteiger partial charge in [0.1, 0.15) is 5.75 Å². The van der Waals surface area contributed by atoms with Crippen molar-refractivity contribution < 1.29 is 17.9 Å². The molecular formula is C18H28N2O4S. The third kappa shape index (κ3) is 5.63. The predicted octanol–water partition coefficient (Wildman–Crippen LogP) is 2.50. The summed E-state index contributed by atoms with van der Waals surface area (Å²) < 4.78 is 30.8. The van der Waals surface area contributed by atoms with Gasteiger partial charge in [-0.05, 0) is 37.3 Å². The lowest BCUT2D eigenvalue weighted by Crippen LogP contribution is -2.38. The lowest BCUT2D eigenvalue weighted by molar-refractivity contribution is -0.132. The highest BCUT2D eigenvalue weighted by atomic mass is 32.2. The van der Waals surface area contributed by atoms with Crippen LogP contribution < -0.4 is 9.04 Å². The minimum Gasteiger partial charge on any atom is -0.497 e. The van der Waals surface area contributed by atoms with Crippen LogP contribution in [0.3, 0.4) is 0 Å². The largest absolute Gasteiger partial charge is 0.497 e. The Hall–Kier alpha value is -1.76. The van der Waals surface area contributed by atoms with Gasteiger partial charge in [-0.3, -0.25) is 9.10 Å². The fraction of sp³-hybridized carbons (Fsp3) is 0.611. The van der Waals surface area contributed by atoms with Gasteiger partial charge in [-0.1, -0.05) is 13.0 Å². The first kappa shape index (κ1) is 19.6. The van der Waals surface area contributed by atoms with Crippen molar-refractivity contribution in [2.45, 2.75) is 32.6 Å². The number of hydrogen-bond donors (Lipinski definition) is 0. The Balaban J connectivity index is 1.95. The van der Waals surface area contributed by atoms with Crippen molar-refractivity contribution in [2.75, 3.05) is 37.3 Å². The number of rotatable bonds is 7. The number of piperidine rings is 1. The average molecular weight is 368 g/mol. The van der Waals surface area contributed by atoms with E-state index in [1.165, 1.54) is 10.6 Å². The van der Waals surface area contributed by atoms with Gasteiger partial charge in [-0.15, -0.1) is 0 Å². The lowest BCUT2D eigenvalue weighted by Gasteiger charge is -2.30. The first-order valence-electron chi connectivity index (χ1n) is 8.71. The van der Waals surface area contributed by atoms with E-state index in [0.717, 1.165) is 25.9 Å². The summed E-state index contributed by atoms with van der Waals surface area (Å²) >= 11 is 0. The fourth-order valence-electron chi connectivity index (χ4n) is 3.04. The van der Waals surface area contributed by atoms with Crippen molar-refractivity contribution >= 4 is 21.6 Å². The highest BCUT2D eigenvalue weighted by Crippen LogP contribution is 2.24. The third-order valence-electron chi connectivity index (χ3n) is 4.63. The van der Waals surface area contributed by atoms with E-state index in [1.807, 2.05) is 4.90 Å². The maximum absolute atomic E-state index is 12.3. The van der Waals surface area contributed by atoms with Crippen LogP contribution in [0.25, 0.3) is 0 Å². The maximum atomic E-state index is 12.3. The Bertz CT molecular complexity index is 682. The first-order valence-corrected chi connectivity index (χ1v) is 10.6. The second-order valence-corrected chi connectivity index (χ2v) is 8.61. The average Bonchev–Trinajstić information content (AvgIpc) is 2.58. The Morgan fingerprint density at radius 1 is 1.32 bits per heavy atom. The van der Waals surface area contributed by atoms with Crippen LogP contribution in [-0.4, -0.2) is 52.2 Å². The van der Waals surface area contributed by atoms with E-state index in [0.29, 0.717) is 30.2 Å². The summed E-state index contributed by atoms with van der Waals surface area (Å²) in [7, 11) is -1.88. The van der Waals surface area contributed by atoms with Gasteiger partial charge in [0.25, 0.3) is 0 Å². The molecule has 0 spiro atoms. The zero-order valence-electron chi connectivity index (χ0n) is 15.3. The Labute approximate surface area is 150 Å². The quantitative estimate of drug-likeness (QED) is 0.742. The molecule has 1 fully saturated rings. The number of ether oxygens (including phenoxy) is 1. The molecule has 0 aromatic heterocycles. The highest BCUT2D eigenvalue weighted by molar-refractivity contribution is 7.92. The van der Waals surface area contributed by atoms with E-state index in [1.54, 1.807) is 31.4 Å². The van der Waals surface area contributed by atoms with Crippen molar-refractivity contribution in [1.82, 2.24) is 4.90 Å². The number of methoxy groups -OCH3 is 1. The first-order chi connectivity index (χ1) is 11.8. The predicted molar refractivity (Wildman–Crippen MR) is 99.4 cm³/mol. The zero-order valence-corrected chi connectivity index (χ0v) is 16.1. The molecule has 0 unspecified atom stereocenters. The molecule has 1 aromatic carbocycles. The monoisotopic (exact) mass is 368 g/mol. The lowest BCUT2D eigenvalue weighted by atomic mass is 9.99. The zero-order chi connectivity index (χ0) is 18.4. The molecule has 25 heavy (non-hydrogen) atoms. The summed E-state index contributed by atoms with van der Waals surface area (Å²) in [6, 6.07) is 6.95. The van der Waals surface area contributed by atoms with Crippen molar-refractivity contribution in [3.8, 4) is 5.75 Å². The minimum absolute atomic E-state index is 0.117. The molecule has 0 N–H and O–H groups in total. The van der Waals surface area contributed by atoms with Gasteiger partial charge < -0.3 is 9.64 Å². The fourth-order valence-corrected chi connectivity index (χ4v) is 4.00. The van der Waals surface area contributed by atoms with E-state index in [2.05, 4.69) is 6.92 Å². The molecule has 1 aromatic rings. The molecule has 1 amide bonds. The van der Waals surface area contributed by atoms with Gasteiger partial charge in [0, 0.05) is 32.1 Å². The van der Waals surface area contributed by atoms with Crippen LogP contribution >= 0.6 is 0 Å². The Kier molecular flexibility index (Phi) is 6.70. The summed E-state index contributed by atoms with van der Waals surface area (Å²) in [6.45, 7) is 4.11. The molecule has 7 heteroatoms. The van der Waals surface area contributed by atoms with Crippen LogP contribution in [0, 0.1) is 5.92 Å². The molecule has 0 saturated carbocycles. The summed E-state index contributed by atoms with van der Waals surface area (Å²) in [5.74, 6) is 1.40. The van der Waals surface area contributed by atoms with Crippen LogP contribution in [0.1, 0.15) is 32.6 Å². The molecule has 0 radical (unpaired) electrons. The number of carbonyl (C=O) groups excluding carboxylic acids is 1. The molecule has 2 rings (SSSR count). The summed E-state index contributed by atoms with van der Waals surface area (Å²) in [6.07, 6.45) is 4.13. The number of benzene rings is 1. The van der Waals surface area contributed by atoms with E-state index in [4.69, 9.17) is 4.74 Å². The second-order valence-electron chi connectivity index (χ2n) is 6.70. The normalized spacial score (nSPS) is 15.9. The number of hydrogen-bond acceptors (Lipinski definition) is 4. The Morgan fingerprint density at radius 2 is 2.00 bits per heavy atom. The van der Waals surface area contributed by atoms with Crippen LogP contribution in [0.2, 0.25) is 0 Å². The van der Waals surface area contributed by atoms with Gasteiger partial charge in [0.2, 0.25) is 15.9 Å². The third-order valence-corrected chi connectivity index (χ3v) is 5.82. The van der Waals surface area contributed by atoms with E-state index in [-0.39, 0.29) is 12.5 Å². The molecule has 1 aliphatic heterocycles. The van der Waals surface area contributed by atoms with Crippen LogP contribution in [-0.2, 0) is 14.8 Å². The van der Waals surface area contributed by atoms with E-state index >= 15 is 0 Å². The van der Waals surface area contributed by atoms with Gasteiger partial charge in [0.15, 0.2) is 0 Å². The van der Waals surface area contributed by atoms with E-state index < -0.39 is 10.0 Å². The number of carbonyl (C=O) groups is 1. The molecule has 0 atom stereocenters. The molecule has 1 aliphatic rings. The summed E-state index contributed by atoms with van der Waals surface area (Å²) in [4.78, 5) is 14.2. The SMILES string of the molecule is COc1cccc(N(CCCC(=O)N2CCC(C)CC2)S(C)(=O)=O)c1. The minimum atomic E-state index is -3.42. The summed E-state index contributed by atoms with van der Waals surface area (Å²) in [5, 5.41) is 0.